The highest BCUT2D eigenvalue weighted by Crippen LogP contribution is 2.31. The summed E-state index contributed by atoms with van der Waals surface area (Å²) in [5.41, 5.74) is 4.98. The summed E-state index contributed by atoms with van der Waals surface area (Å²) in [6, 6.07) is 16.0. The molecule has 2 aromatic heterocycles. The molecule has 0 aliphatic carbocycles. The lowest BCUT2D eigenvalue weighted by molar-refractivity contribution is 0.0851. The Labute approximate surface area is 244 Å². The van der Waals surface area contributed by atoms with Crippen LogP contribution in [0.25, 0.3) is 11.0 Å². The number of hydrogen-bond donors (Lipinski definition) is 2. The molecule has 4 aromatic rings. The quantitative estimate of drug-likeness (QED) is 0.320. The minimum absolute atomic E-state index is 0.165. The predicted octanol–water partition coefficient (Wildman–Crippen LogP) is 4.91. The molecule has 2 saturated heterocycles. The zero-order valence-corrected chi connectivity index (χ0v) is 23.9. The van der Waals surface area contributed by atoms with Gasteiger partial charge in [0.15, 0.2) is 0 Å². The summed E-state index contributed by atoms with van der Waals surface area (Å²) in [6.07, 6.45) is 3.68. The van der Waals surface area contributed by atoms with E-state index in [4.69, 9.17) is 21.3 Å². The van der Waals surface area contributed by atoms with Crippen molar-refractivity contribution in [3.63, 3.8) is 0 Å². The predicted molar refractivity (Wildman–Crippen MR) is 165 cm³/mol. The first-order chi connectivity index (χ1) is 20.1. The Hall–Kier alpha value is -3.90. The molecular weight excluding hydrogens is 536 g/mol. The number of halogens is 1. The third kappa shape index (κ3) is 5.94. The topological polar surface area (TPSA) is 84.3 Å². The van der Waals surface area contributed by atoms with Crippen LogP contribution in [-0.4, -0.2) is 53.9 Å². The van der Waals surface area contributed by atoms with Crippen molar-refractivity contribution >= 4 is 40.0 Å². The van der Waals surface area contributed by atoms with Gasteiger partial charge in [-0.15, -0.1) is 5.92 Å². The fourth-order valence-electron chi connectivity index (χ4n) is 5.72. The molecule has 2 aliphatic heterocycles. The third-order valence-electron chi connectivity index (χ3n) is 7.79. The Kier molecular flexibility index (Phi) is 8.19. The lowest BCUT2D eigenvalue weighted by Gasteiger charge is -2.30. The number of ether oxygens (including phenoxy) is 1. The van der Waals surface area contributed by atoms with Crippen molar-refractivity contribution in [2.75, 3.05) is 49.6 Å². The van der Waals surface area contributed by atoms with E-state index in [1.807, 2.05) is 24.3 Å². The maximum Gasteiger partial charge on any atom is 0.268 e. The molecule has 0 unspecified atom stereocenters. The van der Waals surface area contributed by atoms with Gasteiger partial charge in [0.2, 0.25) is 5.95 Å². The number of anilines is 3. The zero-order valence-electron chi connectivity index (χ0n) is 23.1. The molecule has 2 N–H and O–H groups in total. The highest BCUT2D eigenvalue weighted by molar-refractivity contribution is 6.33. The maximum absolute atomic E-state index is 13.7. The van der Waals surface area contributed by atoms with Gasteiger partial charge in [-0.1, -0.05) is 41.8 Å². The Balaban J connectivity index is 1.36. The minimum Gasteiger partial charge on any atom is -0.381 e. The van der Waals surface area contributed by atoms with Crippen LogP contribution in [0.3, 0.4) is 0 Å². The van der Waals surface area contributed by atoms with Crippen LogP contribution in [0, 0.1) is 11.8 Å². The van der Waals surface area contributed by atoms with Crippen LogP contribution in [0.1, 0.15) is 42.4 Å². The lowest BCUT2D eigenvalue weighted by Crippen LogP contribution is -2.43. The van der Waals surface area contributed by atoms with Crippen LogP contribution in [-0.2, 0) is 11.3 Å². The van der Waals surface area contributed by atoms with Gasteiger partial charge in [-0.3, -0.25) is 9.36 Å². The van der Waals surface area contributed by atoms with Gasteiger partial charge < -0.3 is 20.3 Å². The number of benzene rings is 2. The molecule has 2 aliphatic rings. The number of aromatic nitrogens is 3. The van der Waals surface area contributed by atoms with Crippen LogP contribution < -0.4 is 21.1 Å². The van der Waals surface area contributed by atoms with Gasteiger partial charge >= 0.3 is 0 Å². The molecule has 0 bridgehead atoms. The van der Waals surface area contributed by atoms with Crippen LogP contribution in [0.5, 0.6) is 0 Å². The van der Waals surface area contributed by atoms with E-state index in [-0.39, 0.29) is 5.56 Å². The first-order valence-electron chi connectivity index (χ1n) is 14.1. The van der Waals surface area contributed by atoms with Crippen molar-refractivity contribution in [1.82, 2.24) is 19.9 Å². The van der Waals surface area contributed by atoms with E-state index in [2.05, 4.69) is 50.6 Å². The summed E-state index contributed by atoms with van der Waals surface area (Å²) in [5, 5.41) is 8.07. The molecule has 41 heavy (non-hydrogen) atoms. The van der Waals surface area contributed by atoms with E-state index in [0.29, 0.717) is 34.6 Å². The minimum atomic E-state index is -0.165. The van der Waals surface area contributed by atoms with Crippen molar-refractivity contribution in [1.29, 1.82) is 0 Å². The number of nitrogens with one attached hydrogen (secondary N) is 2. The number of piperazine rings is 1. The van der Waals surface area contributed by atoms with Crippen molar-refractivity contribution in [3.8, 4) is 11.8 Å². The Morgan fingerprint density at radius 1 is 1.12 bits per heavy atom. The molecule has 0 spiro atoms. The third-order valence-corrected chi connectivity index (χ3v) is 8.10. The highest BCUT2D eigenvalue weighted by atomic mass is 35.5. The van der Waals surface area contributed by atoms with Crippen molar-refractivity contribution in [2.45, 2.75) is 32.2 Å². The normalized spacial score (nSPS) is 15.9. The van der Waals surface area contributed by atoms with Crippen molar-refractivity contribution in [2.24, 2.45) is 0 Å². The fourth-order valence-corrected chi connectivity index (χ4v) is 6.02. The molecule has 0 atom stereocenters. The van der Waals surface area contributed by atoms with Crippen molar-refractivity contribution < 1.29 is 4.74 Å². The number of nitrogens with zero attached hydrogens (tertiary/aromatic N) is 4. The van der Waals surface area contributed by atoms with Crippen LogP contribution in [0.2, 0.25) is 5.02 Å². The monoisotopic (exact) mass is 568 g/mol. The highest BCUT2D eigenvalue weighted by Gasteiger charge is 2.20. The summed E-state index contributed by atoms with van der Waals surface area (Å²) in [5.74, 6) is 6.64. The first kappa shape index (κ1) is 27.3. The smallest absolute Gasteiger partial charge is 0.268 e. The number of pyridine rings is 1. The van der Waals surface area contributed by atoms with Gasteiger partial charge in [-0.05, 0) is 61.1 Å². The van der Waals surface area contributed by atoms with Gasteiger partial charge in [-0.2, -0.15) is 4.98 Å². The summed E-state index contributed by atoms with van der Waals surface area (Å²) >= 11 is 6.68. The van der Waals surface area contributed by atoms with Gasteiger partial charge in [-0.25, -0.2) is 4.98 Å². The van der Waals surface area contributed by atoms with E-state index in [0.717, 1.165) is 74.6 Å². The molecule has 2 aromatic carbocycles. The molecule has 0 amide bonds. The number of rotatable bonds is 6. The van der Waals surface area contributed by atoms with Crippen molar-refractivity contribution in [3.05, 3.63) is 86.8 Å². The van der Waals surface area contributed by atoms with Gasteiger partial charge in [0.05, 0.1) is 22.8 Å². The van der Waals surface area contributed by atoms with E-state index < -0.39 is 0 Å². The molecule has 0 radical (unpaired) electrons. The largest absolute Gasteiger partial charge is 0.381 e. The Morgan fingerprint density at radius 3 is 2.71 bits per heavy atom. The van der Waals surface area contributed by atoms with Gasteiger partial charge in [0.25, 0.3) is 5.56 Å². The Bertz CT molecular complexity index is 1680. The molecule has 210 valence electrons. The zero-order chi connectivity index (χ0) is 28.2. The molecule has 0 saturated carbocycles. The molecule has 9 heteroatoms. The summed E-state index contributed by atoms with van der Waals surface area (Å²) < 4.78 is 7.32. The summed E-state index contributed by atoms with van der Waals surface area (Å²) in [4.78, 5) is 25.4. The number of fused-ring (bicyclic) bond motifs is 1. The van der Waals surface area contributed by atoms with E-state index >= 15 is 0 Å². The van der Waals surface area contributed by atoms with E-state index in [1.54, 1.807) is 23.8 Å². The fraction of sp³-hybridized carbons (Fsp3) is 0.344. The molecule has 8 nitrogen and oxygen atoms in total. The molecule has 2 fully saturated rings. The first-order valence-corrected chi connectivity index (χ1v) is 14.5. The second kappa shape index (κ2) is 12.3. The maximum atomic E-state index is 13.7. The second-order valence-electron chi connectivity index (χ2n) is 10.4. The SMILES string of the molecule is CC#Cc1cc2cnc(Nc3ccc(N4CCNCC4)c(Cl)c3)nc2n(Cc2ccccc2C2CCOCC2)c1=O. The Morgan fingerprint density at radius 2 is 1.93 bits per heavy atom. The molecule has 6 rings (SSSR count). The van der Waals surface area contributed by atoms with Gasteiger partial charge in [0, 0.05) is 56.7 Å². The average molecular weight is 569 g/mol. The molecule has 4 heterocycles. The molecular formula is C32H33ClN6O2. The summed E-state index contributed by atoms with van der Waals surface area (Å²) in [6.45, 7) is 7.35. The van der Waals surface area contributed by atoms with Crippen LogP contribution in [0.15, 0.2) is 59.5 Å². The average Bonchev–Trinajstić information content (AvgIpc) is 3.01. The van der Waals surface area contributed by atoms with E-state index in [1.165, 1.54) is 5.56 Å². The van der Waals surface area contributed by atoms with Crippen LogP contribution in [0.4, 0.5) is 17.3 Å². The second-order valence-corrected chi connectivity index (χ2v) is 10.8. The van der Waals surface area contributed by atoms with Gasteiger partial charge in [0.1, 0.15) is 5.65 Å². The lowest BCUT2D eigenvalue weighted by atomic mass is 9.88. The summed E-state index contributed by atoms with van der Waals surface area (Å²) in [7, 11) is 0. The van der Waals surface area contributed by atoms with E-state index in [9.17, 15) is 4.79 Å². The van der Waals surface area contributed by atoms with Crippen LogP contribution >= 0.6 is 11.6 Å². The number of hydrogen-bond acceptors (Lipinski definition) is 7. The standard InChI is InChI=1S/C32H33ClN6O2/c1-2-5-23-18-25-20-35-32(36-26-8-9-29(28(33)19-26)38-14-12-34-13-15-38)37-30(25)39(31(23)40)21-24-6-3-4-7-27(24)22-10-16-41-17-11-22/h3-4,6-9,18-20,22,34H,10-17,21H2,1H3,(H,35,36,37).